The minimum absolute atomic E-state index is 0.118. The maximum atomic E-state index is 12.7. The van der Waals surface area contributed by atoms with Crippen LogP contribution in [0.4, 0.5) is 5.69 Å². The smallest absolute Gasteiger partial charge is 0.244 e. The molecule has 3 rings (SSSR count). The number of amides is 2. The fourth-order valence-electron chi connectivity index (χ4n) is 3.56. The van der Waals surface area contributed by atoms with Gasteiger partial charge in [-0.05, 0) is 36.6 Å². The first-order valence-corrected chi connectivity index (χ1v) is 9.65. The predicted octanol–water partition coefficient (Wildman–Crippen LogP) is 3.72. The molecule has 0 radical (unpaired) electrons. The first kappa shape index (κ1) is 19.8. The van der Waals surface area contributed by atoms with Crippen LogP contribution in [0.15, 0.2) is 34.9 Å². The van der Waals surface area contributed by atoms with Gasteiger partial charge in [-0.1, -0.05) is 43.0 Å². The second-order valence-electron chi connectivity index (χ2n) is 7.26. The molecule has 1 aliphatic carbocycles. The molecular formula is C21H26N4O3. The van der Waals surface area contributed by atoms with E-state index in [1.807, 2.05) is 12.1 Å². The molecule has 1 aromatic heterocycles. The summed E-state index contributed by atoms with van der Waals surface area (Å²) in [4.78, 5) is 28.1. The van der Waals surface area contributed by atoms with Gasteiger partial charge in [-0.3, -0.25) is 9.59 Å². The molecule has 0 unspecified atom stereocenters. The summed E-state index contributed by atoms with van der Waals surface area (Å²) < 4.78 is 5.17. The van der Waals surface area contributed by atoms with Crippen molar-refractivity contribution in [1.29, 1.82) is 0 Å². The van der Waals surface area contributed by atoms with E-state index in [2.05, 4.69) is 20.8 Å². The fraction of sp³-hybridized carbons (Fsp3) is 0.429. The van der Waals surface area contributed by atoms with Crippen LogP contribution in [0.1, 0.15) is 62.7 Å². The highest BCUT2D eigenvalue weighted by molar-refractivity contribution is 5.92. The van der Waals surface area contributed by atoms with Crippen LogP contribution < -0.4 is 10.6 Å². The second kappa shape index (κ2) is 8.82. The van der Waals surface area contributed by atoms with Gasteiger partial charge in [0.25, 0.3) is 0 Å². The standard InChI is InChI=1S/C21H26N4O3/c1-15(26)22-18-10-7-17(8-11-18)9-12-19(27)24-21(13-5-3-4-6-14-21)20-23-16(2)28-25-20/h7-12H,3-6,13-14H2,1-2H3,(H,22,26)(H,24,27)/b12-9+. The third-order valence-corrected chi connectivity index (χ3v) is 4.93. The van der Waals surface area contributed by atoms with Crippen LogP contribution in [0.25, 0.3) is 6.08 Å². The Balaban J connectivity index is 1.71. The van der Waals surface area contributed by atoms with E-state index in [4.69, 9.17) is 4.52 Å². The highest BCUT2D eigenvalue weighted by Crippen LogP contribution is 2.34. The molecule has 0 aliphatic heterocycles. The predicted molar refractivity (Wildman–Crippen MR) is 106 cm³/mol. The van der Waals surface area contributed by atoms with Crippen LogP contribution in [0, 0.1) is 6.92 Å². The summed E-state index contributed by atoms with van der Waals surface area (Å²) in [6.45, 7) is 3.22. The molecule has 1 aromatic carbocycles. The average molecular weight is 382 g/mol. The molecule has 0 atom stereocenters. The number of rotatable bonds is 5. The monoisotopic (exact) mass is 382 g/mol. The van der Waals surface area contributed by atoms with Crippen molar-refractivity contribution < 1.29 is 14.1 Å². The number of aryl methyl sites for hydroxylation is 1. The van der Waals surface area contributed by atoms with Gasteiger partial charge in [0.1, 0.15) is 5.54 Å². The summed E-state index contributed by atoms with van der Waals surface area (Å²) in [6.07, 6.45) is 9.19. The number of nitrogens with one attached hydrogen (secondary N) is 2. The third-order valence-electron chi connectivity index (χ3n) is 4.93. The molecule has 0 spiro atoms. The van der Waals surface area contributed by atoms with Crippen molar-refractivity contribution in [3.8, 4) is 0 Å². The van der Waals surface area contributed by atoms with E-state index in [1.165, 1.54) is 13.0 Å². The van der Waals surface area contributed by atoms with E-state index in [1.54, 1.807) is 25.1 Å². The highest BCUT2D eigenvalue weighted by Gasteiger charge is 2.38. The van der Waals surface area contributed by atoms with Gasteiger partial charge in [-0.2, -0.15) is 4.98 Å². The topological polar surface area (TPSA) is 97.1 Å². The molecule has 1 saturated carbocycles. The second-order valence-corrected chi connectivity index (χ2v) is 7.26. The van der Waals surface area contributed by atoms with Crippen LogP contribution in [0.3, 0.4) is 0 Å². The van der Waals surface area contributed by atoms with Gasteiger partial charge in [0.15, 0.2) is 5.82 Å². The molecule has 7 nitrogen and oxygen atoms in total. The molecule has 1 heterocycles. The van der Waals surface area contributed by atoms with Crippen LogP contribution >= 0.6 is 0 Å². The molecule has 7 heteroatoms. The fourth-order valence-corrected chi connectivity index (χ4v) is 3.56. The molecule has 0 bridgehead atoms. The molecule has 1 fully saturated rings. The zero-order chi connectivity index (χ0) is 20.0. The van der Waals surface area contributed by atoms with E-state index in [0.717, 1.165) is 49.8 Å². The normalized spacial score (nSPS) is 16.5. The van der Waals surface area contributed by atoms with Gasteiger partial charge in [0.2, 0.25) is 17.7 Å². The van der Waals surface area contributed by atoms with Crippen LogP contribution in [0.2, 0.25) is 0 Å². The molecule has 28 heavy (non-hydrogen) atoms. The van der Waals surface area contributed by atoms with Crippen molar-refractivity contribution >= 4 is 23.6 Å². The maximum Gasteiger partial charge on any atom is 0.244 e. The lowest BCUT2D eigenvalue weighted by Crippen LogP contribution is -2.45. The number of aromatic nitrogens is 2. The summed E-state index contributed by atoms with van der Waals surface area (Å²) in [7, 11) is 0. The first-order valence-electron chi connectivity index (χ1n) is 9.65. The van der Waals surface area contributed by atoms with Crippen LogP contribution in [-0.2, 0) is 15.1 Å². The zero-order valence-electron chi connectivity index (χ0n) is 16.3. The summed E-state index contributed by atoms with van der Waals surface area (Å²) in [5.74, 6) is 0.763. The Bertz CT molecular complexity index is 847. The van der Waals surface area contributed by atoms with Crippen molar-refractivity contribution in [3.63, 3.8) is 0 Å². The summed E-state index contributed by atoms with van der Waals surface area (Å²) >= 11 is 0. The minimum Gasteiger partial charge on any atom is -0.340 e. The Morgan fingerprint density at radius 1 is 1.11 bits per heavy atom. The molecule has 2 aromatic rings. The number of hydrogen-bond acceptors (Lipinski definition) is 5. The van der Waals surface area contributed by atoms with E-state index in [9.17, 15) is 9.59 Å². The molecule has 1 aliphatic rings. The van der Waals surface area contributed by atoms with Gasteiger partial charge in [0, 0.05) is 25.6 Å². The van der Waals surface area contributed by atoms with Crippen molar-refractivity contribution in [1.82, 2.24) is 15.5 Å². The van der Waals surface area contributed by atoms with E-state index in [0.29, 0.717) is 11.7 Å². The largest absolute Gasteiger partial charge is 0.340 e. The quantitative estimate of drug-likeness (QED) is 0.607. The van der Waals surface area contributed by atoms with Gasteiger partial charge >= 0.3 is 0 Å². The number of hydrogen-bond donors (Lipinski definition) is 2. The molecule has 2 amide bonds. The SMILES string of the molecule is CC(=O)Nc1ccc(/C=C/C(=O)NC2(c3noc(C)n3)CCCCCC2)cc1. The number of anilines is 1. The number of carbonyl (C=O) groups is 2. The minimum atomic E-state index is -0.578. The summed E-state index contributed by atoms with van der Waals surface area (Å²) in [5.41, 5.74) is 1.01. The molecule has 2 N–H and O–H groups in total. The molecule has 0 saturated heterocycles. The van der Waals surface area contributed by atoms with Gasteiger partial charge in [-0.15, -0.1) is 0 Å². The van der Waals surface area contributed by atoms with Crippen molar-refractivity contribution in [2.24, 2.45) is 0 Å². The molecule has 148 valence electrons. The first-order chi connectivity index (χ1) is 13.5. The Hall–Kier alpha value is -2.96. The summed E-state index contributed by atoms with van der Waals surface area (Å²) in [6, 6.07) is 7.29. The zero-order valence-corrected chi connectivity index (χ0v) is 16.3. The van der Waals surface area contributed by atoms with Gasteiger partial charge < -0.3 is 15.2 Å². The van der Waals surface area contributed by atoms with Crippen LogP contribution in [0.5, 0.6) is 0 Å². The lowest BCUT2D eigenvalue weighted by Gasteiger charge is -2.30. The number of benzene rings is 1. The molecular weight excluding hydrogens is 356 g/mol. The Morgan fingerprint density at radius 2 is 1.79 bits per heavy atom. The third kappa shape index (κ3) is 5.06. The van der Waals surface area contributed by atoms with Crippen molar-refractivity contribution in [2.75, 3.05) is 5.32 Å². The average Bonchev–Trinajstić information content (AvgIpc) is 2.96. The Morgan fingerprint density at radius 3 is 2.36 bits per heavy atom. The lowest BCUT2D eigenvalue weighted by molar-refractivity contribution is -0.118. The van der Waals surface area contributed by atoms with Gasteiger partial charge in [0.05, 0.1) is 0 Å². The number of nitrogens with zero attached hydrogens (tertiary/aromatic N) is 2. The van der Waals surface area contributed by atoms with Gasteiger partial charge in [-0.25, -0.2) is 0 Å². The van der Waals surface area contributed by atoms with Crippen molar-refractivity contribution in [3.05, 3.63) is 47.6 Å². The summed E-state index contributed by atoms with van der Waals surface area (Å²) in [5, 5.41) is 9.96. The Labute approximate surface area is 164 Å². The van der Waals surface area contributed by atoms with E-state index < -0.39 is 5.54 Å². The Kier molecular flexibility index (Phi) is 6.23. The number of carbonyl (C=O) groups excluding carboxylic acids is 2. The maximum absolute atomic E-state index is 12.7. The van der Waals surface area contributed by atoms with Crippen LogP contribution in [-0.4, -0.2) is 22.0 Å². The van der Waals surface area contributed by atoms with E-state index in [-0.39, 0.29) is 11.8 Å². The lowest BCUT2D eigenvalue weighted by atomic mass is 9.89. The van der Waals surface area contributed by atoms with E-state index >= 15 is 0 Å². The highest BCUT2D eigenvalue weighted by atomic mass is 16.5. The van der Waals surface area contributed by atoms with Crippen molar-refractivity contribution in [2.45, 2.75) is 57.9 Å².